The van der Waals surface area contributed by atoms with Gasteiger partial charge in [-0.25, -0.2) is 0 Å². The van der Waals surface area contributed by atoms with Crippen LogP contribution in [-0.2, 0) is 0 Å². The smallest absolute Gasteiger partial charge is 0.0946 e. The molecule has 0 aromatic rings. The third kappa shape index (κ3) is 4.46. The van der Waals surface area contributed by atoms with Crippen LogP contribution in [0.15, 0.2) is 11.6 Å². The molecule has 0 aliphatic rings. The Balaban J connectivity index is 4.47. The van der Waals surface area contributed by atoms with E-state index in [-0.39, 0.29) is 0 Å². The van der Waals surface area contributed by atoms with Gasteiger partial charge in [0.25, 0.3) is 0 Å². The summed E-state index contributed by atoms with van der Waals surface area (Å²) in [4.78, 5) is 0. The monoisotopic (exact) mass is 193 g/mol. The second-order valence-electron chi connectivity index (χ2n) is 4.00. The Bertz CT molecular complexity index is 210. The molecule has 0 saturated carbocycles. The van der Waals surface area contributed by atoms with Crippen molar-refractivity contribution < 1.29 is 0 Å². The van der Waals surface area contributed by atoms with Crippen LogP contribution in [0.3, 0.4) is 0 Å². The van der Waals surface area contributed by atoms with Crippen LogP contribution in [0.5, 0.6) is 0 Å². The van der Waals surface area contributed by atoms with Gasteiger partial charge in [-0.15, -0.1) is 0 Å². The maximum Gasteiger partial charge on any atom is 0.0946 e. The van der Waals surface area contributed by atoms with Crippen molar-refractivity contribution in [3.8, 4) is 6.07 Å². The fourth-order valence-electron chi connectivity index (χ4n) is 1.56. The molecule has 0 amide bonds. The third-order valence-corrected chi connectivity index (χ3v) is 2.87. The Kier molecular flexibility index (Phi) is 7.20. The van der Waals surface area contributed by atoms with Crippen LogP contribution < -0.4 is 0 Å². The van der Waals surface area contributed by atoms with Crippen molar-refractivity contribution in [3.05, 3.63) is 11.6 Å². The average Bonchev–Trinajstić information content (AvgIpc) is 2.23. The highest BCUT2D eigenvalue weighted by Gasteiger charge is 2.09. The summed E-state index contributed by atoms with van der Waals surface area (Å²) in [5, 5.41) is 9.02. The maximum atomic E-state index is 9.02. The molecule has 0 heterocycles. The molecule has 0 radical (unpaired) electrons. The number of hydrogen-bond acceptors (Lipinski definition) is 1. The van der Waals surface area contributed by atoms with Gasteiger partial charge in [-0.2, -0.15) is 5.26 Å². The highest BCUT2D eigenvalue weighted by molar-refractivity contribution is 5.23. The van der Waals surface area contributed by atoms with E-state index in [1.165, 1.54) is 12.8 Å². The quantitative estimate of drug-likeness (QED) is 0.577. The lowest BCUT2D eigenvalue weighted by atomic mass is 9.92. The van der Waals surface area contributed by atoms with Gasteiger partial charge >= 0.3 is 0 Å². The van der Waals surface area contributed by atoms with Crippen LogP contribution >= 0.6 is 0 Å². The first-order valence-electron chi connectivity index (χ1n) is 5.81. The van der Waals surface area contributed by atoms with Gasteiger partial charge in [0.15, 0.2) is 0 Å². The van der Waals surface area contributed by atoms with Crippen LogP contribution in [0.25, 0.3) is 0 Å². The minimum Gasteiger partial charge on any atom is -0.193 e. The summed E-state index contributed by atoms with van der Waals surface area (Å²) in [6.07, 6.45) is 6.81. The molecule has 80 valence electrons. The van der Waals surface area contributed by atoms with Gasteiger partial charge in [-0.05, 0) is 31.1 Å². The van der Waals surface area contributed by atoms with E-state index in [9.17, 15) is 0 Å². The zero-order valence-corrected chi connectivity index (χ0v) is 10.0. The van der Waals surface area contributed by atoms with Gasteiger partial charge in [0.2, 0.25) is 0 Å². The lowest BCUT2D eigenvalue weighted by molar-refractivity contribution is 0.551. The second-order valence-corrected chi connectivity index (χ2v) is 4.00. The Morgan fingerprint density at radius 2 is 1.93 bits per heavy atom. The minimum absolute atomic E-state index is 0.422. The van der Waals surface area contributed by atoms with Gasteiger partial charge in [0, 0.05) is 5.57 Å². The molecule has 0 aliphatic carbocycles. The van der Waals surface area contributed by atoms with E-state index in [4.69, 9.17) is 5.26 Å². The largest absolute Gasteiger partial charge is 0.193 e. The molecule has 0 bridgehead atoms. The predicted molar refractivity (Wildman–Crippen MR) is 61.8 cm³/mol. The van der Waals surface area contributed by atoms with Crippen molar-refractivity contribution in [3.63, 3.8) is 0 Å². The molecule has 0 aliphatic heterocycles. The van der Waals surface area contributed by atoms with Crippen molar-refractivity contribution in [1.82, 2.24) is 0 Å². The molecule has 0 spiro atoms. The normalized spacial score (nSPS) is 16.1. The van der Waals surface area contributed by atoms with Gasteiger partial charge in [0.05, 0.1) is 6.07 Å². The van der Waals surface area contributed by atoms with Crippen LogP contribution in [-0.4, -0.2) is 0 Å². The Morgan fingerprint density at radius 3 is 2.29 bits per heavy atom. The first-order chi connectivity index (χ1) is 6.69. The third-order valence-electron chi connectivity index (χ3n) is 2.87. The second kappa shape index (κ2) is 7.62. The molecule has 1 heteroatoms. The van der Waals surface area contributed by atoms with Crippen molar-refractivity contribution in [2.75, 3.05) is 0 Å². The predicted octanol–water partition coefficient (Wildman–Crippen LogP) is 4.31. The van der Waals surface area contributed by atoms with Crippen LogP contribution in [0.4, 0.5) is 0 Å². The molecule has 14 heavy (non-hydrogen) atoms. The fraction of sp³-hybridized carbons (Fsp3) is 0.769. The number of rotatable bonds is 6. The van der Waals surface area contributed by atoms with Crippen molar-refractivity contribution in [1.29, 1.82) is 5.26 Å². The van der Waals surface area contributed by atoms with Gasteiger partial charge in [0.1, 0.15) is 0 Å². The average molecular weight is 193 g/mol. The van der Waals surface area contributed by atoms with E-state index in [1.807, 2.05) is 0 Å². The molecule has 1 nitrogen and oxygen atoms in total. The highest BCUT2D eigenvalue weighted by atomic mass is 14.3. The van der Waals surface area contributed by atoms with Crippen molar-refractivity contribution >= 4 is 0 Å². The minimum atomic E-state index is 0.422. The Labute approximate surface area is 88.8 Å². The lowest BCUT2D eigenvalue weighted by Crippen LogP contribution is -2.01. The highest BCUT2D eigenvalue weighted by Crippen LogP contribution is 2.20. The molecule has 0 rings (SSSR count). The Morgan fingerprint density at radius 1 is 1.29 bits per heavy atom. The zero-order chi connectivity index (χ0) is 11.0. The number of nitrogens with zero attached hydrogens (tertiary/aromatic N) is 1. The van der Waals surface area contributed by atoms with E-state index < -0.39 is 0 Å². The summed E-state index contributed by atoms with van der Waals surface area (Å²) >= 11 is 0. The molecule has 0 aromatic carbocycles. The van der Waals surface area contributed by atoms with E-state index in [0.717, 1.165) is 18.4 Å². The molecular formula is C13H23N. The summed E-state index contributed by atoms with van der Waals surface area (Å²) in [5.74, 6) is 1.02. The number of nitriles is 1. The molecular weight excluding hydrogens is 170 g/mol. The number of allylic oxidation sites excluding steroid dienone is 2. The summed E-state index contributed by atoms with van der Waals surface area (Å²) in [7, 11) is 0. The molecule has 0 aromatic heterocycles. The number of hydrogen-bond donors (Lipinski definition) is 0. The maximum absolute atomic E-state index is 9.02. The zero-order valence-electron chi connectivity index (χ0n) is 10.0. The van der Waals surface area contributed by atoms with E-state index in [1.54, 1.807) is 0 Å². The van der Waals surface area contributed by atoms with E-state index >= 15 is 0 Å². The van der Waals surface area contributed by atoms with Crippen LogP contribution in [0, 0.1) is 23.2 Å². The van der Waals surface area contributed by atoms with Crippen molar-refractivity contribution in [2.24, 2.45) is 11.8 Å². The molecule has 0 fully saturated rings. The molecule has 2 unspecified atom stereocenters. The van der Waals surface area contributed by atoms with E-state index in [0.29, 0.717) is 11.8 Å². The molecule has 0 saturated heterocycles. The molecule has 2 atom stereocenters. The van der Waals surface area contributed by atoms with Gasteiger partial charge in [-0.1, -0.05) is 40.2 Å². The summed E-state index contributed by atoms with van der Waals surface area (Å²) in [6, 6.07) is 2.34. The fourth-order valence-corrected chi connectivity index (χ4v) is 1.56. The standard InChI is InChI=1S/C13H23N/c1-5-8-12(7-3)9-13(10-14)11(4)6-2/h9,11-12H,5-8H2,1-4H3/b13-9-. The van der Waals surface area contributed by atoms with Crippen LogP contribution in [0.1, 0.15) is 53.4 Å². The SMILES string of the molecule is CCCC(/C=C(/C#N)C(C)CC)CC. The Hall–Kier alpha value is -0.770. The first-order valence-corrected chi connectivity index (χ1v) is 5.81. The van der Waals surface area contributed by atoms with Crippen molar-refractivity contribution in [2.45, 2.75) is 53.4 Å². The van der Waals surface area contributed by atoms with E-state index in [2.05, 4.69) is 39.8 Å². The van der Waals surface area contributed by atoms with Gasteiger partial charge in [-0.3, -0.25) is 0 Å². The lowest BCUT2D eigenvalue weighted by Gasteiger charge is -2.12. The summed E-state index contributed by atoms with van der Waals surface area (Å²) in [6.45, 7) is 8.67. The summed E-state index contributed by atoms with van der Waals surface area (Å²) < 4.78 is 0. The van der Waals surface area contributed by atoms with Crippen LogP contribution in [0.2, 0.25) is 0 Å². The molecule has 0 N–H and O–H groups in total. The first kappa shape index (κ1) is 13.2. The van der Waals surface area contributed by atoms with Gasteiger partial charge < -0.3 is 0 Å². The topological polar surface area (TPSA) is 23.8 Å². The summed E-state index contributed by atoms with van der Waals surface area (Å²) in [5.41, 5.74) is 0.979.